The number of hydrogen-bond donors (Lipinski definition) is 4. The van der Waals surface area contributed by atoms with Crippen LogP contribution < -0.4 is 31.2 Å². The summed E-state index contributed by atoms with van der Waals surface area (Å²) in [6.07, 6.45) is 0.891. The summed E-state index contributed by atoms with van der Waals surface area (Å²) < 4.78 is 17.6. The van der Waals surface area contributed by atoms with Crippen LogP contribution in [0.25, 0.3) is 0 Å². The second-order valence-electron chi connectivity index (χ2n) is 14.8. The summed E-state index contributed by atoms with van der Waals surface area (Å²) in [4.78, 5) is 53.8. The Kier molecular flexibility index (Phi) is 13.9. The fourth-order valence-corrected chi connectivity index (χ4v) is 6.26. The van der Waals surface area contributed by atoms with Crippen molar-refractivity contribution in [2.24, 2.45) is 5.73 Å². The third kappa shape index (κ3) is 10.6. The fourth-order valence-electron chi connectivity index (χ4n) is 6.26. The molecule has 0 saturated carbocycles. The van der Waals surface area contributed by atoms with Crippen LogP contribution in [-0.2, 0) is 19.9 Å². The van der Waals surface area contributed by atoms with Crippen LogP contribution >= 0.6 is 0 Å². The normalized spacial score (nSPS) is 11.8. The van der Waals surface area contributed by atoms with E-state index in [9.17, 15) is 19.2 Å². The highest BCUT2D eigenvalue weighted by Crippen LogP contribution is 2.41. The number of anilines is 2. The molecule has 3 amide bonds. The van der Waals surface area contributed by atoms with Gasteiger partial charge in [0, 0.05) is 11.3 Å². The molecule has 0 spiro atoms. The van der Waals surface area contributed by atoms with Gasteiger partial charge in [-0.15, -0.1) is 0 Å². The molecule has 0 bridgehead atoms. The van der Waals surface area contributed by atoms with Crippen molar-refractivity contribution in [1.82, 2.24) is 5.32 Å². The number of carbonyl (C=O) groups excluding carboxylic acids is 4. The van der Waals surface area contributed by atoms with Crippen molar-refractivity contribution >= 4 is 35.1 Å². The van der Waals surface area contributed by atoms with Crippen LogP contribution in [-0.4, -0.2) is 48.0 Å². The van der Waals surface area contributed by atoms with Crippen molar-refractivity contribution in [2.45, 2.75) is 64.3 Å². The van der Waals surface area contributed by atoms with Crippen molar-refractivity contribution in [2.75, 3.05) is 17.2 Å². The minimum absolute atomic E-state index is 0.0685. The molecular weight excluding hydrogens is 733 g/mol. The predicted octanol–water partition coefficient (Wildman–Crippen LogP) is 8.01. The standard InChI is InChI=1S/C47H50N4O7/c1-7-29-56-41-37(45(55)58-46(4,5)6)27-28-39(42(41)57-31(2)3)50-43(53)32-23-25-36(26-24-32)49-44(54)38(48)30-40(52)51-47(33-17-11-8-12-18-33,34-19-13-9-14-20-34)35-21-15-10-16-22-35/h7-28,31,38H,1,29-30,48H2,2-6H3,(H,49,54)(H,50,53)(H,51,52). The van der Waals surface area contributed by atoms with Crippen LogP contribution in [0.3, 0.4) is 0 Å². The molecule has 0 saturated heterocycles. The minimum atomic E-state index is -1.19. The Balaban J connectivity index is 1.30. The molecule has 0 aliphatic carbocycles. The predicted molar refractivity (Wildman–Crippen MR) is 226 cm³/mol. The second-order valence-corrected chi connectivity index (χ2v) is 14.8. The number of carbonyl (C=O) groups is 4. The highest BCUT2D eigenvalue weighted by atomic mass is 16.6. The summed E-state index contributed by atoms with van der Waals surface area (Å²) in [6, 6.07) is 37.0. The molecule has 0 fully saturated rings. The molecule has 0 aliphatic heterocycles. The van der Waals surface area contributed by atoms with Crippen LogP contribution in [0.5, 0.6) is 11.5 Å². The molecular formula is C47H50N4O7. The summed E-state index contributed by atoms with van der Waals surface area (Å²) in [7, 11) is 0. The summed E-state index contributed by atoms with van der Waals surface area (Å²) in [5.74, 6) is -1.85. The second kappa shape index (κ2) is 18.9. The van der Waals surface area contributed by atoms with Crippen molar-refractivity contribution in [1.29, 1.82) is 0 Å². The molecule has 5 aromatic carbocycles. The first-order valence-electron chi connectivity index (χ1n) is 19.0. The average Bonchev–Trinajstić information content (AvgIpc) is 3.20. The van der Waals surface area contributed by atoms with Gasteiger partial charge in [-0.1, -0.05) is 104 Å². The van der Waals surface area contributed by atoms with Gasteiger partial charge in [-0.2, -0.15) is 0 Å². The number of ether oxygens (including phenoxy) is 3. The number of rotatable bonds is 16. The monoisotopic (exact) mass is 782 g/mol. The molecule has 5 N–H and O–H groups in total. The molecule has 0 aromatic heterocycles. The summed E-state index contributed by atoms with van der Waals surface area (Å²) in [5.41, 5.74) is 8.05. The summed E-state index contributed by atoms with van der Waals surface area (Å²) >= 11 is 0. The lowest BCUT2D eigenvalue weighted by atomic mass is 9.77. The van der Waals surface area contributed by atoms with Gasteiger partial charge in [0.2, 0.25) is 11.8 Å². The molecule has 0 radical (unpaired) electrons. The van der Waals surface area contributed by atoms with Crippen molar-refractivity contribution < 1.29 is 33.4 Å². The Labute approximate surface area is 339 Å². The lowest BCUT2D eigenvalue weighted by Crippen LogP contribution is -2.50. The molecule has 0 aliphatic rings. The molecule has 5 aromatic rings. The smallest absolute Gasteiger partial charge is 0.342 e. The number of amides is 3. The topological polar surface area (TPSA) is 158 Å². The number of benzene rings is 5. The maximum absolute atomic E-state index is 13.8. The van der Waals surface area contributed by atoms with E-state index in [1.54, 1.807) is 39.0 Å². The van der Waals surface area contributed by atoms with E-state index in [4.69, 9.17) is 19.9 Å². The minimum Gasteiger partial charge on any atom is -0.485 e. The molecule has 11 nitrogen and oxygen atoms in total. The van der Waals surface area contributed by atoms with E-state index in [0.717, 1.165) is 16.7 Å². The maximum Gasteiger partial charge on any atom is 0.342 e. The van der Waals surface area contributed by atoms with E-state index in [0.29, 0.717) is 5.69 Å². The maximum atomic E-state index is 13.8. The molecule has 1 unspecified atom stereocenters. The van der Waals surface area contributed by atoms with Gasteiger partial charge in [-0.3, -0.25) is 14.4 Å². The van der Waals surface area contributed by atoms with Gasteiger partial charge < -0.3 is 35.9 Å². The molecule has 5 rings (SSSR count). The average molecular weight is 783 g/mol. The lowest BCUT2D eigenvalue weighted by Gasteiger charge is -2.37. The van der Waals surface area contributed by atoms with Crippen LogP contribution in [0.2, 0.25) is 0 Å². The zero-order chi connectivity index (χ0) is 41.9. The van der Waals surface area contributed by atoms with Gasteiger partial charge >= 0.3 is 5.97 Å². The number of nitrogens with two attached hydrogens (primary N) is 1. The largest absolute Gasteiger partial charge is 0.485 e. The fraction of sp³-hybridized carbons (Fsp3) is 0.234. The zero-order valence-electron chi connectivity index (χ0n) is 33.4. The molecule has 58 heavy (non-hydrogen) atoms. The van der Waals surface area contributed by atoms with Crippen LogP contribution in [0.1, 0.15) is 78.4 Å². The van der Waals surface area contributed by atoms with Crippen molar-refractivity contribution in [3.05, 3.63) is 168 Å². The third-order valence-electron chi connectivity index (χ3n) is 8.78. The first kappa shape index (κ1) is 42.4. The highest BCUT2D eigenvalue weighted by molar-refractivity contribution is 6.06. The van der Waals surface area contributed by atoms with E-state index >= 15 is 0 Å². The van der Waals surface area contributed by atoms with Gasteiger partial charge in [0.1, 0.15) is 23.3 Å². The first-order valence-corrected chi connectivity index (χ1v) is 19.0. The summed E-state index contributed by atoms with van der Waals surface area (Å²) in [5, 5.41) is 8.82. The van der Waals surface area contributed by atoms with Gasteiger partial charge in [0.15, 0.2) is 11.5 Å². The molecule has 300 valence electrons. The van der Waals surface area contributed by atoms with E-state index in [1.165, 1.54) is 24.3 Å². The Bertz CT molecular complexity index is 2110. The summed E-state index contributed by atoms with van der Waals surface area (Å²) in [6.45, 7) is 12.7. The molecule has 11 heteroatoms. The SMILES string of the molecule is C=CCOc1c(C(=O)OC(C)(C)C)ccc(NC(=O)c2ccc(NC(=O)C(N)CC(=O)NC(c3ccccc3)(c3ccccc3)c3ccccc3)cc2)c1OC(C)C. The molecule has 0 heterocycles. The van der Waals surface area contributed by atoms with Gasteiger partial charge in [0.25, 0.3) is 5.91 Å². The molecule has 1 atom stereocenters. The van der Waals surface area contributed by atoms with E-state index in [2.05, 4.69) is 22.5 Å². The van der Waals surface area contributed by atoms with Crippen LogP contribution in [0.15, 0.2) is 140 Å². The Morgan fingerprint density at radius 1 is 0.724 bits per heavy atom. The number of nitrogens with one attached hydrogen (secondary N) is 3. The van der Waals surface area contributed by atoms with Crippen LogP contribution in [0.4, 0.5) is 11.4 Å². The Morgan fingerprint density at radius 2 is 1.26 bits per heavy atom. The van der Waals surface area contributed by atoms with Crippen molar-refractivity contribution in [3.8, 4) is 11.5 Å². The Hall–Kier alpha value is -6.72. The Morgan fingerprint density at radius 3 is 1.74 bits per heavy atom. The lowest BCUT2D eigenvalue weighted by molar-refractivity contribution is -0.126. The van der Waals surface area contributed by atoms with E-state index in [1.807, 2.05) is 105 Å². The third-order valence-corrected chi connectivity index (χ3v) is 8.78. The van der Waals surface area contributed by atoms with Crippen LogP contribution in [0, 0.1) is 0 Å². The van der Waals surface area contributed by atoms with E-state index < -0.39 is 40.9 Å². The van der Waals surface area contributed by atoms with E-state index in [-0.39, 0.29) is 47.4 Å². The highest BCUT2D eigenvalue weighted by Gasteiger charge is 2.38. The van der Waals surface area contributed by atoms with Gasteiger partial charge in [-0.05, 0) is 87.7 Å². The number of esters is 1. The first-order chi connectivity index (χ1) is 27.7. The van der Waals surface area contributed by atoms with Gasteiger partial charge in [-0.25, -0.2) is 4.79 Å². The van der Waals surface area contributed by atoms with Gasteiger partial charge in [0.05, 0.1) is 24.3 Å². The van der Waals surface area contributed by atoms with Crippen molar-refractivity contribution in [3.63, 3.8) is 0 Å². The zero-order valence-corrected chi connectivity index (χ0v) is 33.4. The quantitative estimate of drug-likeness (QED) is 0.0445. The number of hydrogen-bond acceptors (Lipinski definition) is 8.